The van der Waals surface area contributed by atoms with Gasteiger partial charge in [-0.1, -0.05) is 5.16 Å². The fourth-order valence-corrected chi connectivity index (χ4v) is 5.79. The van der Waals surface area contributed by atoms with Crippen LogP contribution in [0.3, 0.4) is 0 Å². The Labute approximate surface area is 250 Å². The van der Waals surface area contributed by atoms with Crippen molar-refractivity contribution in [2.45, 2.75) is 25.3 Å². The van der Waals surface area contributed by atoms with Crippen LogP contribution in [0.25, 0.3) is 28.2 Å². The van der Waals surface area contributed by atoms with Crippen molar-refractivity contribution in [3.63, 3.8) is 0 Å². The molecule has 0 spiro atoms. The van der Waals surface area contributed by atoms with Gasteiger partial charge in [0, 0.05) is 49.0 Å². The fourth-order valence-electron chi connectivity index (χ4n) is 5.79. The largest absolute Gasteiger partial charge is 0.364 e. The molecule has 1 fully saturated rings. The highest BCUT2D eigenvalue weighted by molar-refractivity contribution is 6.03. The first kappa shape index (κ1) is 27.5. The second-order valence-corrected chi connectivity index (χ2v) is 10.7. The van der Waals surface area contributed by atoms with Crippen molar-refractivity contribution < 1.29 is 18.1 Å². The van der Waals surface area contributed by atoms with Crippen molar-refractivity contribution in [1.29, 1.82) is 0 Å². The number of aryl methyl sites for hydroxylation is 1. The molecule has 1 aliphatic rings. The number of amides is 1. The van der Waals surface area contributed by atoms with E-state index >= 15 is 0 Å². The number of hydrogen-bond acceptors (Lipinski definition) is 8. The average molecular weight is 596 g/mol. The van der Waals surface area contributed by atoms with Crippen LogP contribution in [0.2, 0.25) is 0 Å². The van der Waals surface area contributed by atoms with E-state index in [9.17, 15) is 13.6 Å². The monoisotopic (exact) mass is 595 g/mol. The predicted molar refractivity (Wildman–Crippen MR) is 156 cm³/mol. The van der Waals surface area contributed by atoms with Gasteiger partial charge < -0.3 is 9.84 Å². The lowest BCUT2D eigenvalue weighted by Gasteiger charge is -2.31. The molecule has 1 aliphatic heterocycles. The minimum absolute atomic E-state index is 0.124. The molecule has 7 rings (SSSR count). The molecule has 1 N–H and O–H groups in total. The Bertz CT molecular complexity index is 1940. The number of rotatable bonds is 7. The molecule has 11 nitrogen and oxygen atoms in total. The molecule has 0 saturated carbocycles. The molecule has 1 aromatic carbocycles. The van der Waals surface area contributed by atoms with Crippen LogP contribution in [0.4, 0.5) is 14.6 Å². The highest BCUT2D eigenvalue weighted by Crippen LogP contribution is 2.40. The standard InChI is InChI=1S/C31H27F2N9O2/c1-40-30(20-9-13-41(14-10-20)17-23-11-15-44-39-23)28(29(38-40)19-2-4-22(32)5-3-19)24-6-7-27-35-26(18-42(27)37-24)36-31(43)21-8-12-34-25(33)16-21/h2-8,11-12,15-16,18,20H,9-10,13-14,17H2,1H3,(H,36,43). The molecule has 5 aromatic heterocycles. The summed E-state index contributed by atoms with van der Waals surface area (Å²) in [7, 11) is 1.93. The molecule has 1 amide bonds. The Hall–Kier alpha value is -5.30. The SMILES string of the molecule is Cn1nc(-c2ccc(F)cc2)c(-c2ccc3nc(NC(=O)c4ccnc(F)c4)cn3n2)c1C1CCN(Cc2ccon2)CC1. The number of carbonyl (C=O) groups excluding carboxylic acids is 1. The van der Waals surface area contributed by atoms with Crippen LogP contribution in [0.15, 0.2) is 77.8 Å². The fraction of sp³-hybridized carbons (Fsp3) is 0.226. The number of halogens is 2. The first-order chi connectivity index (χ1) is 21.4. The molecule has 222 valence electrons. The summed E-state index contributed by atoms with van der Waals surface area (Å²) in [6.45, 7) is 2.50. The summed E-state index contributed by atoms with van der Waals surface area (Å²) in [5.74, 6) is -1.11. The van der Waals surface area contributed by atoms with E-state index < -0.39 is 11.9 Å². The second-order valence-electron chi connectivity index (χ2n) is 10.7. The maximum Gasteiger partial charge on any atom is 0.257 e. The van der Waals surface area contributed by atoms with Gasteiger partial charge >= 0.3 is 0 Å². The Morgan fingerprint density at radius 3 is 2.61 bits per heavy atom. The van der Waals surface area contributed by atoms with Gasteiger partial charge in [0.1, 0.15) is 17.8 Å². The summed E-state index contributed by atoms with van der Waals surface area (Å²) in [6, 6.07) is 14.3. The van der Waals surface area contributed by atoms with Crippen molar-refractivity contribution in [3.05, 3.63) is 102 Å². The third-order valence-corrected chi connectivity index (χ3v) is 7.87. The Morgan fingerprint density at radius 1 is 1.05 bits per heavy atom. The van der Waals surface area contributed by atoms with Gasteiger partial charge in [0.25, 0.3) is 5.91 Å². The smallest absolute Gasteiger partial charge is 0.257 e. The lowest BCUT2D eigenvalue weighted by Crippen LogP contribution is -2.33. The van der Waals surface area contributed by atoms with Crippen LogP contribution in [-0.2, 0) is 13.6 Å². The summed E-state index contributed by atoms with van der Waals surface area (Å²) < 4.78 is 35.9. The minimum atomic E-state index is -0.746. The lowest BCUT2D eigenvalue weighted by molar-refractivity contribution is 0.102. The summed E-state index contributed by atoms with van der Waals surface area (Å²) in [5, 5.41) is 16.5. The normalized spacial score (nSPS) is 14.3. The van der Waals surface area contributed by atoms with E-state index in [1.807, 2.05) is 29.9 Å². The molecule has 1 saturated heterocycles. The summed E-state index contributed by atoms with van der Waals surface area (Å²) in [6.07, 6.45) is 6.24. The van der Waals surface area contributed by atoms with E-state index in [-0.39, 0.29) is 23.1 Å². The molecule has 13 heteroatoms. The van der Waals surface area contributed by atoms with Crippen LogP contribution in [0.1, 0.15) is 40.5 Å². The van der Waals surface area contributed by atoms with E-state index in [0.717, 1.165) is 61.1 Å². The number of fused-ring (bicyclic) bond motifs is 1. The zero-order valence-electron chi connectivity index (χ0n) is 23.7. The summed E-state index contributed by atoms with van der Waals surface area (Å²) in [5.41, 5.74) is 5.60. The zero-order valence-corrected chi connectivity index (χ0v) is 23.7. The predicted octanol–water partition coefficient (Wildman–Crippen LogP) is 5.09. The number of nitrogens with zero attached hydrogens (tertiary/aromatic N) is 8. The van der Waals surface area contributed by atoms with Gasteiger partial charge in [0.15, 0.2) is 11.5 Å². The summed E-state index contributed by atoms with van der Waals surface area (Å²) >= 11 is 0. The highest BCUT2D eigenvalue weighted by atomic mass is 19.1. The molecule has 0 atom stereocenters. The number of aromatic nitrogens is 7. The van der Waals surface area contributed by atoms with Crippen LogP contribution in [0.5, 0.6) is 0 Å². The molecule has 0 unspecified atom stereocenters. The van der Waals surface area contributed by atoms with Gasteiger partial charge in [0.2, 0.25) is 5.95 Å². The van der Waals surface area contributed by atoms with Gasteiger partial charge in [-0.15, -0.1) is 0 Å². The molecular weight excluding hydrogens is 568 g/mol. The van der Waals surface area contributed by atoms with Gasteiger partial charge in [-0.25, -0.2) is 18.9 Å². The molecule has 0 radical (unpaired) electrons. The quantitative estimate of drug-likeness (QED) is 0.254. The number of anilines is 1. The van der Waals surface area contributed by atoms with Crippen molar-refractivity contribution >= 4 is 17.4 Å². The van der Waals surface area contributed by atoms with Gasteiger partial charge in [-0.3, -0.25) is 14.4 Å². The number of piperidine rings is 1. The van der Waals surface area contributed by atoms with Crippen LogP contribution in [0, 0.1) is 11.8 Å². The number of nitrogens with one attached hydrogen (secondary N) is 1. The number of carbonyl (C=O) groups is 1. The number of imidazole rings is 1. The van der Waals surface area contributed by atoms with Crippen LogP contribution >= 0.6 is 0 Å². The topological polar surface area (TPSA) is 119 Å². The van der Waals surface area contributed by atoms with Crippen LogP contribution < -0.4 is 5.32 Å². The van der Waals surface area contributed by atoms with Crippen molar-refractivity contribution in [3.8, 4) is 22.5 Å². The lowest BCUT2D eigenvalue weighted by atomic mass is 9.88. The molecule has 0 aliphatic carbocycles. The Kier molecular flexibility index (Phi) is 7.14. The van der Waals surface area contributed by atoms with E-state index in [4.69, 9.17) is 14.7 Å². The van der Waals surface area contributed by atoms with E-state index in [0.29, 0.717) is 17.0 Å². The van der Waals surface area contributed by atoms with Gasteiger partial charge in [-0.05, 0) is 68.4 Å². The van der Waals surface area contributed by atoms with Crippen molar-refractivity contribution in [1.82, 2.24) is 39.4 Å². The van der Waals surface area contributed by atoms with Crippen molar-refractivity contribution in [2.75, 3.05) is 18.4 Å². The summed E-state index contributed by atoms with van der Waals surface area (Å²) in [4.78, 5) is 23.0. The Morgan fingerprint density at radius 2 is 1.86 bits per heavy atom. The zero-order chi connectivity index (χ0) is 30.2. The first-order valence-electron chi connectivity index (χ1n) is 14.2. The molecule has 44 heavy (non-hydrogen) atoms. The molecule has 6 heterocycles. The number of benzene rings is 1. The number of hydrogen-bond donors (Lipinski definition) is 1. The number of pyridine rings is 1. The maximum atomic E-state index is 13.9. The third-order valence-electron chi connectivity index (χ3n) is 7.87. The maximum absolute atomic E-state index is 13.9. The average Bonchev–Trinajstić information content (AvgIpc) is 3.76. The van der Waals surface area contributed by atoms with Gasteiger partial charge in [-0.2, -0.15) is 14.6 Å². The molecule has 6 aromatic rings. The molecule has 0 bridgehead atoms. The number of likely N-dealkylation sites (tertiary alicyclic amines) is 1. The van der Waals surface area contributed by atoms with Crippen molar-refractivity contribution in [2.24, 2.45) is 7.05 Å². The van der Waals surface area contributed by atoms with E-state index in [1.54, 1.807) is 29.1 Å². The Balaban J connectivity index is 1.22. The highest BCUT2D eigenvalue weighted by Gasteiger charge is 2.30. The molecular formula is C31H27F2N9O2. The van der Waals surface area contributed by atoms with Gasteiger partial charge in [0.05, 0.1) is 28.8 Å². The third kappa shape index (κ3) is 5.44. The van der Waals surface area contributed by atoms with Crippen LogP contribution in [-0.4, -0.2) is 58.4 Å². The second kappa shape index (κ2) is 11.4. The van der Waals surface area contributed by atoms with E-state index in [2.05, 4.69) is 25.3 Å². The first-order valence-corrected chi connectivity index (χ1v) is 14.2. The van der Waals surface area contributed by atoms with E-state index in [1.165, 1.54) is 24.4 Å². The minimum Gasteiger partial charge on any atom is -0.364 e.